The lowest BCUT2D eigenvalue weighted by Gasteiger charge is -2.25. The second-order valence-electron chi connectivity index (χ2n) is 10.5. The summed E-state index contributed by atoms with van der Waals surface area (Å²) in [5.41, 5.74) is 0.225. The lowest BCUT2D eigenvalue weighted by Crippen LogP contribution is -2.38. The molecule has 42 heavy (non-hydrogen) atoms. The summed E-state index contributed by atoms with van der Waals surface area (Å²) >= 11 is 0. The van der Waals surface area contributed by atoms with E-state index in [9.17, 15) is 19.5 Å². The maximum absolute atomic E-state index is 13.1. The number of nitrogens with zero attached hydrogens (tertiary/aromatic N) is 2. The highest BCUT2D eigenvalue weighted by atomic mass is 16.3. The van der Waals surface area contributed by atoms with Crippen LogP contribution in [0.5, 0.6) is 0 Å². The minimum atomic E-state index is -0.365. The molecular weight excluding hydrogens is 524 g/mol. The van der Waals surface area contributed by atoms with Gasteiger partial charge in [-0.2, -0.15) is 0 Å². The molecule has 1 aliphatic carbocycles. The van der Waals surface area contributed by atoms with Gasteiger partial charge in [0.2, 0.25) is 0 Å². The highest BCUT2D eigenvalue weighted by molar-refractivity contribution is 6.25. The summed E-state index contributed by atoms with van der Waals surface area (Å²) in [6.45, 7) is 0. The fraction of sp³-hybridized carbons (Fsp3) is 0.111. The Balaban J connectivity index is 0.000000342. The third-order valence-electron chi connectivity index (χ3n) is 7.06. The Kier molecular flexibility index (Phi) is 7.80. The van der Waals surface area contributed by atoms with Gasteiger partial charge < -0.3 is 10.0 Å². The van der Waals surface area contributed by atoms with Crippen molar-refractivity contribution in [3.05, 3.63) is 140 Å². The first-order chi connectivity index (χ1) is 20.2. The van der Waals surface area contributed by atoms with Crippen molar-refractivity contribution in [2.75, 3.05) is 28.2 Å². The molecule has 0 radical (unpaired) electrons. The van der Waals surface area contributed by atoms with Gasteiger partial charge in [-0.15, -0.1) is 0 Å². The third kappa shape index (κ3) is 5.22. The second kappa shape index (κ2) is 11.6. The Morgan fingerprint density at radius 3 is 1.83 bits per heavy atom. The van der Waals surface area contributed by atoms with Crippen molar-refractivity contribution >= 4 is 56.2 Å². The van der Waals surface area contributed by atoms with Crippen LogP contribution in [0.4, 0.5) is 0 Å². The highest BCUT2D eigenvalue weighted by Gasteiger charge is 2.21. The summed E-state index contributed by atoms with van der Waals surface area (Å²) < 4.78 is 2.00. The summed E-state index contributed by atoms with van der Waals surface area (Å²) in [7, 11) is 8.00. The molecule has 6 nitrogen and oxygen atoms in total. The Labute approximate surface area is 243 Å². The number of Topliss-reactive ketones (excluding diaryl/α,β-unsaturated/α-hetero) is 1. The van der Waals surface area contributed by atoms with Gasteiger partial charge in [-0.25, -0.2) is 4.58 Å². The fourth-order valence-electron chi connectivity index (χ4n) is 5.15. The molecule has 0 bridgehead atoms. The van der Waals surface area contributed by atoms with Crippen molar-refractivity contribution in [3.8, 4) is 0 Å². The number of carbonyl (C=O) groups excluding carboxylic acids is 1. The van der Waals surface area contributed by atoms with Crippen LogP contribution in [0.2, 0.25) is 0 Å². The standard InChI is InChI=1S/C29H16O4.C7H15N2/c30-26-18-10-1-6-16-7-2-11-19(24(16)18)27(31)22(26)14-5-15-23-28(32)20-12-3-8-17-9-4-13-21(25(17)20)29(23)33;1-8(2)6-5-7-9(3)4/h1-15,30H;5-7H,1-4H3/q;+1/p-1/b14-5+;. The highest BCUT2D eigenvalue weighted by Crippen LogP contribution is 2.34. The van der Waals surface area contributed by atoms with Gasteiger partial charge in [0.15, 0.2) is 22.9 Å². The van der Waals surface area contributed by atoms with Gasteiger partial charge in [0.05, 0.1) is 5.22 Å². The van der Waals surface area contributed by atoms with Crippen LogP contribution in [0.1, 0.15) is 15.9 Å². The monoisotopic (exact) mass is 554 g/mol. The van der Waals surface area contributed by atoms with E-state index in [4.69, 9.17) is 0 Å². The van der Waals surface area contributed by atoms with Crippen LogP contribution in [0.15, 0.2) is 112 Å². The molecule has 0 saturated carbocycles. The van der Waals surface area contributed by atoms with Gasteiger partial charge in [0.1, 0.15) is 14.1 Å². The van der Waals surface area contributed by atoms with Crippen molar-refractivity contribution in [1.82, 2.24) is 4.90 Å². The normalized spacial score (nSPS) is 12.8. The van der Waals surface area contributed by atoms with Crippen LogP contribution >= 0.6 is 0 Å². The Morgan fingerprint density at radius 2 is 1.26 bits per heavy atom. The van der Waals surface area contributed by atoms with E-state index < -0.39 is 0 Å². The van der Waals surface area contributed by atoms with E-state index in [1.54, 1.807) is 48.5 Å². The average molecular weight is 555 g/mol. The molecule has 0 heterocycles. The van der Waals surface area contributed by atoms with Crippen LogP contribution in [0, 0.1) is 0 Å². The summed E-state index contributed by atoms with van der Waals surface area (Å²) in [5, 5.41) is 17.0. The van der Waals surface area contributed by atoms with E-state index in [-0.39, 0.29) is 33.2 Å². The molecule has 0 aromatic heterocycles. The molecule has 0 aliphatic heterocycles. The summed E-state index contributed by atoms with van der Waals surface area (Å²) in [4.78, 5) is 41.2. The molecule has 0 N–H and O–H groups in total. The number of hydrogen-bond donors (Lipinski definition) is 0. The Morgan fingerprint density at radius 1 is 0.714 bits per heavy atom. The smallest absolute Gasteiger partial charge is 0.197 e. The summed E-state index contributed by atoms with van der Waals surface area (Å²) in [6, 6.07) is 21.4. The van der Waals surface area contributed by atoms with Gasteiger partial charge in [0.25, 0.3) is 0 Å². The quantitative estimate of drug-likeness (QED) is 0.250. The fourth-order valence-corrected chi connectivity index (χ4v) is 5.15. The molecule has 0 spiro atoms. The lowest BCUT2D eigenvalue weighted by atomic mass is 9.86. The van der Waals surface area contributed by atoms with Crippen molar-refractivity contribution in [2.24, 2.45) is 0 Å². The zero-order valence-electron chi connectivity index (χ0n) is 23.9. The van der Waals surface area contributed by atoms with Crippen molar-refractivity contribution in [1.29, 1.82) is 0 Å². The van der Waals surface area contributed by atoms with E-state index in [1.165, 1.54) is 18.2 Å². The van der Waals surface area contributed by atoms with Gasteiger partial charge in [-0.05, 0) is 27.8 Å². The van der Waals surface area contributed by atoms with Crippen molar-refractivity contribution < 1.29 is 14.5 Å². The maximum atomic E-state index is 13.1. The van der Waals surface area contributed by atoms with E-state index >= 15 is 0 Å². The van der Waals surface area contributed by atoms with E-state index in [2.05, 4.69) is 0 Å². The number of allylic oxidation sites excluding steroid dienone is 4. The molecule has 0 amide bonds. The first-order valence-corrected chi connectivity index (χ1v) is 13.5. The zero-order valence-corrected chi connectivity index (χ0v) is 23.9. The van der Waals surface area contributed by atoms with Crippen molar-refractivity contribution in [3.63, 3.8) is 0 Å². The predicted octanol–water partition coefficient (Wildman–Crippen LogP) is 3.73. The minimum absolute atomic E-state index is 0.0104. The van der Waals surface area contributed by atoms with Gasteiger partial charge >= 0.3 is 0 Å². The number of benzene rings is 5. The molecule has 5 aromatic carbocycles. The first kappa shape index (κ1) is 28.2. The van der Waals surface area contributed by atoms with Crippen LogP contribution in [0.25, 0.3) is 44.2 Å². The summed E-state index contributed by atoms with van der Waals surface area (Å²) in [6.07, 6.45) is 10.2. The second-order valence-corrected chi connectivity index (χ2v) is 10.5. The first-order valence-electron chi connectivity index (χ1n) is 13.5. The molecule has 0 fully saturated rings. The van der Waals surface area contributed by atoms with E-state index in [0.29, 0.717) is 32.7 Å². The third-order valence-corrected chi connectivity index (χ3v) is 7.06. The van der Waals surface area contributed by atoms with Crippen LogP contribution in [-0.4, -0.2) is 49.7 Å². The molecular formula is C36H30N2O4. The molecule has 1 aliphatic rings. The van der Waals surface area contributed by atoms with Gasteiger partial charge in [-0.1, -0.05) is 90.7 Å². The van der Waals surface area contributed by atoms with Crippen molar-refractivity contribution in [2.45, 2.75) is 0 Å². The molecule has 6 heteroatoms. The lowest BCUT2D eigenvalue weighted by molar-refractivity contribution is -0.458. The molecule has 208 valence electrons. The predicted molar refractivity (Wildman–Crippen MR) is 170 cm³/mol. The Hall–Kier alpha value is -5.36. The Bertz CT molecular complexity index is 2080. The number of carbonyl (C=O) groups is 1. The molecule has 0 atom stereocenters. The SMILES string of the molecule is CN(C)/C=C/C=[N+](C)C.O=C1C(/C=C/C=c2c(=O)c3cccc4cccc(c2=O)c43)=C([O-])c2cccc3cccc1c23. The van der Waals surface area contributed by atoms with Crippen LogP contribution in [-0.2, 0) is 0 Å². The largest absolute Gasteiger partial charge is 0.872 e. The number of rotatable bonds is 4. The molecule has 6 rings (SSSR count). The van der Waals surface area contributed by atoms with E-state index in [0.717, 1.165) is 10.8 Å². The van der Waals surface area contributed by atoms with Gasteiger partial charge in [0, 0.05) is 53.7 Å². The minimum Gasteiger partial charge on any atom is -0.872 e. The molecule has 0 unspecified atom stereocenters. The average Bonchev–Trinajstić information content (AvgIpc) is 2.97. The van der Waals surface area contributed by atoms with Crippen LogP contribution in [0.3, 0.4) is 0 Å². The maximum Gasteiger partial charge on any atom is 0.197 e. The van der Waals surface area contributed by atoms with Crippen LogP contribution < -0.4 is 21.2 Å². The topological polar surface area (TPSA) is 80.5 Å². The number of hydrogen-bond acceptors (Lipinski definition) is 5. The number of ketones is 1. The summed E-state index contributed by atoms with van der Waals surface area (Å²) in [5.74, 6) is -0.731. The zero-order chi connectivity index (χ0) is 30.0. The van der Waals surface area contributed by atoms with E-state index in [1.807, 2.05) is 80.4 Å². The molecule has 5 aromatic rings. The van der Waals surface area contributed by atoms with Gasteiger partial charge in [-0.3, -0.25) is 14.4 Å². The molecule has 0 saturated heterocycles.